The predicted octanol–water partition coefficient (Wildman–Crippen LogP) is 5.41. The van der Waals surface area contributed by atoms with E-state index in [-0.39, 0.29) is 5.91 Å². The lowest BCUT2D eigenvalue weighted by Crippen LogP contribution is -2.35. The normalized spacial score (nSPS) is 10.4. The molecule has 0 spiro atoms. The molecule has 0 aromatic heterocycles. The number of nitrogens with one attached hydrogen (secondary N) is 2. The summed E-state index contributed by atoms with van der Waals surface area (Å²) in [6, 6.07) is 31.8. The molecule has 0 fully saturated rings. The molecule has 0 radical (unpaired) electrons. The second-order valence-corrected chi connectivity index (χ2v) is 6.56. The number of hydrogen-bond donors (Lipinski definition) is 2. The molecule has 2 N–H and O–H groups in total. The Bertz CT molecular complexity index is 1130. The zero-order valence-corrected chi connectivity index (χ0v) is 15.4. The molecule has 4 aromatic rings. The molecule has 0 aliphatic carbocycles. The summed E-state index contributed by atoms with van der Waals surface area (Å²) in [6.07, 6.45) is 0. The van der Waals surface area contributed by atoms with E-state index in [1.165, 1.54) is 5.39 Å². The fourth-order valence-corrected chi connectivity index (χ4v) is 3.10. The van der Waals surface area contributed by atoms with Gasteiger partial charge in [-0.1, -0.05) is 85.4 Å². The minimum Gasteiger partial charge on any atom is -0.298 e. The van der Waals surface area contributed by atoms with Gasteiger partial charge in [-0.25, -0.2) is 0 Å². The molecule has 0 bridgehead atoms. The topological polar surface area (TPSA) is 41.1 Å². The van der Waals surface area contributed by atoms with Gasteiger partial charge in [0.05, 0.1) is 5.70 Å². The average molecular weight is 364 g/mol. The van der Waals surface area contributed by atoms with Crippen molar-refractivity contribution in [2.45, 2.75) is 0 Å². The summed E-state index contributed by atoms with van der Waals surface area (Å²) in [7, 11) is 0. The van der Waals surface area contributed by atoms with Crippen LogP contribution in [0.3, 0.4) is 0 Å². The largest absolute Gasteiger partial charge is 0.298 e. The number of hydrogen-bond acceptors (Lipinski definition) is 2. The molecule has 4 rings (SSSR count). The van der Waals surface area contributed by atoms with Crippen molar-refractivity contribution < 1.29 is 4.79 Å². The van der Waals surface area contributed by atoms with Gasteiger partial charge in [-0.3, -0.25) is 15.6 Å². The minimum atomic E-state index is -0.207. The average Bonchev–Trinajstić information content (AvgIpc) is 2.77. The molecule has 4 aromatic carbocycles. The highest BCUT2D eigenvalue weighted by atomic mass is 16.2. The van der Waals surface area contributed by atoms with Crippen LogP contribution in [-0.2, 0) is 0 Å². The first kappa shape index (κ1) is 17.6. The van der Waals surface area contributed by atoms with Crippen molar-refractivity contribution in [3.63, 3.8) is 0 Å². The second-order valence-electron chi connectivity index (χ2n) is 6.56. The van der Waals surface area contributed by atoms with Crippen LogP contribution in [-0.4, -0.2) is 5.91 Å². The monoisotopic (exact) mass is 364 g/mol. The zero-order valence-electron chi connectivity index (χ0n) is 15.4. The Balaban J connectivity index is 1.41. The molecule has 136 valence electrons. The molecule has 0 heterocycles. The van der Waals surface area contributed by atoms with Gasteiger partial charge in [0.15, 0.2) is 0 Å². The Morgan fingerprint density at radius 1 is 0.607 bits per heavy atom. The standard InChI is InChI=1S/C25H20N2O/c1-18(23-16-13-20-9-5-6-10-24(20)17-23)26-27-25(28)22-14-11-21(12-15-22)19-7-3-2-4-8-19/h2-17,26H,1H2,(H,27,28). The molecule has 0 unspecified atom stereocenters. The van der Waals surface area contributed by atoms with Crippen LogP contribution in [0.1, 0.15) is 15.9 Å². The van der Waals surface area contributed by atoms with Crippen molar-refractivity contribution >= 4 is 22.4 Å². The smallest absolute Gasteiger partial charge is 0.269 e. The fraction of sp³-hybridized carbons (Fsp3) is 0. The number of carbonyl (C=O) groups is 1. The van der Waals surface area contributed by atoms with Crippen LogP contribution in [0.2, 0.25) is 0 Å². The maximum absolute atomic E-state index is 12.4. The first-order chi connectivity index (χ1) is 13.7. The number of amides is 1. The predicted molar refractivity (Wildman–Crippen MR) is 115 cm³/mol. The van der Waals surface area contributed by atoms with E-state index in [2.05, 4.69) is 29.6 Å². The van der Waals surface area contributed by atoms with Gasteiger partial charge in [0.1, 0.15) is 0 Å². The van der Waals surface area contributed by atoms with E-state index in [1.807, 2.05) is 84.9 Å². The van der Waals surface area contributed by atoms with Crippen LogP contribution in [0.25, 0.3) is 27.6 Å². The third-order valence-electron chi connectivity index (χ3n) is 4.68. The highest BCUT2D eigenvalue weighted by Crippen LogP contribution is 2.20. The molecule has 0 aliphatic rings. The van der Waals surface area contributed by atoms with E-state index >= 15 is 0 Å². The summed E-state index contributed by atoms with van der Waals surface area (Å²) in [5.74, 6) is -0.207. The maximum Gasteiger partial charge on any atom is 0.269 e. The molecule has 0 aliphatic heterocycles. The lowest BCUT2D eigenvalue weighted by atomic mass is 10.0. The third-order valence-corrected chi connectivity index (χ3v) is 4.68. The Labute approximate surface area is 164 Å². The van der Waals surface area contributed by atoms with Gasteiger partial charge >= 0.3 is 0 Å². The number of rotatable bonds is 5. The van der Waals surface area contributed by atoms with E-state index < -0.39 is 0 Å². The van der Waals surface area contributed by atoms with Gasteiger partial charge in [0.2, 0.25) is 0 Å². The summed E-state index contributed by atoms with van der Waals surface area (Å²) in [5.41, 5.74) is 9.98. The van der Waals surface area contributed by atoms with Gasteiger partial charge in [-0.05, 0) is 45.7 Å². The summed E-state index contributed by atoms with van der Waals surface area (Å²) in [6.45, 7) is 4.03. The van der Waals surface area contributed by atoms with Crippen LogP contribution in [0.4, 0.5) is 0 Å². The van der Waals surface area contributed by atoms with Crippen LogP contribution in [0.5, 0.6) is 0 Å². The number of fused-ring (bicyclic) bond motifs is 1. The van der Waals surface area contributed by atoms with E-state index in [1.54, 1.807) is 0 Å². The molecular formula is C25H20N2O. The van der Waals surface area contributed by atoms with E-state index in [9.17, 15) is 4.79 Å². The molecule has 3 nitrogen and oxygen atoms in total. The highest BCUT2D eigenvalue weighted by Gasteiger charge is 2.07. The fourth-order valence-electron chi connectivity index (χ4n) is 3.10. The molecule has 1 amide bonds. The third kappa shape index (κ3) is 3.79. The maximum atomic E-state index is 12.4. The van der Waals surface area contributed by atoms with Gasteiger partial charge < -0.3 is 0 Å². The summed E-state index contributed by atoms with van der Waals surface area (Å²) < 4.78 is 0. The Kier molecular flexibility index (Phi) is 4.89. The van der Waals surface area contributed by atoms with Gasteiger partial charge in [0.25, 0.3) is 5.91 Å². The Hall–Kier alpha value is -3.85. The van der Waals surface area contributed by atoms with Gasteiger partial charge in [0, 0.05) is 5.56 Å². The molecule has 0 atom stereocenters. The summed E-state index contributed by atoms with van der Waals surface area (Å²) in [4.78, 5) is 12.4. The zero-order chi connectivity index (χ0) is 19.3. The minimum absolute atomic E-state index is 0.207. The lowest BCUT2D eigenvalue weighted by molar-refractivity contribution is 0.0942. The first-order valence-corrected chi connectivity index (χ1v) is 9.11. The Morgan fingerprint density at radius 2 is 1.21 bits per heavy atom. The summed E-state index contributed by atoms with van der Waals surface area (Å²) >= 11 is 0. The molecule has 0 saturated carbocycles. The van der Waals surface area contributed by atoms with Crippen LogP contribution in [0, 0.1) is 0 Å². The number of benzene rings is 4. The van der Waals surface area contributed by atoms with Gasteiger partial charge in [-0.15, -0.1) is 0 Å². The second kappa shape index (κ2) is 7.80. The van der Waals surface area contributed by atoms with Crippen molar-refractivity contribution in [3.8, 4) is 11.1 Å². The molecular weight excluding hydrogens is 344 g/mol. The van der Waals surface area contributed by atoms with Crippen LogP contribution >= 0.6 is 0 Å². The van der Waals surface area contributed by atoms with E-state index in [0.717, 1.165) is 22.1 Å². The molecule has 0 saturated heterocycles. The van der Waals surface area contributed by atoms with Gasteiger partial charge in [-0.2, -0.15) is 0 Å². The van der Waals surface area contributed by atoms with Crippen molar-refractivity contribution in [1.29, 1.82) is 0 Å². The number of hydrazine groups is 1. The van der Waals surface area contributed by atoms with Crippen LogP contribution in [0.15, 0.2) is 104 Å². The lowest BCUT2D eigenvalue weighted by Gasteiger charge is -2.12. The highest BCUT2D eigenvalue weighted by molar-refractivity contribution is 5.95. The van der Waals surface area contributed by atoms with E-state index in [4.69, 9.17) is 0 Å². The van der Waals surface area contributed by atoms with Crippen LogP contribution < -0.4 is 10.9 Å². The quantitative estimate of drug-likeness (QED) is 0.465. The van der Waals surface area contributed by atoms with Crippen molar-refractivity contribution in [2.24, 2.45) is 0 Å². The Morgan fingerprint density at radius 3 is 1.96 bits per heavy atom. The summed E-state index contributed by atoms with van der Waals surface area (Å²) in [5, 5.41) is 2.30. The number of carbonyl (C=O) groups excluding carboxylic acids is 1. The first-order valence-electron chi connectivity index (χ1n) is 9.11. The SMILES string of the molecule is C=C(NNC(=O)c1ccc(-c2ccccc2)cc1)c1ccc2ccccc2c1. The van der Waals surface area contributed by atoms with E-state index in [0.29, 0.717) is 11.3 Å². The molecule has 3 heteroatoms. The van der Waals surface area contributed by atoms with Crippen molar-refractivity contribution in [1.82, 2.24) is 10.9 Å². The molecule has 28 heavy (non-hydrogen) atoms. The van der Waals surface area contributed by atoms with Crippen molar-refractivity contribution in [2.75, 3.05) is 0 Å². The van der Waals surface area contributed by atoms with Crippen molar-refractivity contribution in [3.05, 3.63) is 115 Å².